The van der Waals surface area contributed by atoms with Crippen LogP contribution in [0.4, 0.5) is 16.2 Å². The molecule has 0 saturated carbocycles. The Bertz CT molecular complexity index is 765. The van der Waals surface area contributed by atoms with Crippen molar-refractivity contribution in [3.05, 3.63) is 24.7 Å². The van der Waals surface area contributed by atoms with Gasteiger partial charge in [0.25, 0.3) is 0 Å². The number of rotatable bonds is 4. The normalized spacial score (nSPS) is 17.1. The Morgan fingerprint density at radius 3 is 2.79 bits per heavy atom. The Morgan fingerprint density at radius 1 is 1.36 bits per heavy atom. The number of pyridine rings is 1. The van der Waals surface area contributed by atoms with Crippen molar-refractivity contribution in [2.45, 2.75) is 71.9 Å². The molecule has 1 atom stereocenters. The summed E-state index contributed by atoms with van der Waals surface area (Å²) in [4.78, 5) is 18.9. The molecule has 1 amide bonds. The van der Waals surface area contributed by atoms with Crippen molar-refractivity contribution in [3.8, 4) is 0 Å². The molecule has 2 aromatic heterocycles. The molecule has 1 unspecified atom stereocenters. The lowest BCUT2D eigenvalue weighted by Crippen LogP contribution is -2.40. The first-order valence-corrected chi connectivity index (χ1v) is 10.2. The molecule has 3 heterocycles. The van der Waals surface area contributed by atoms with Crippen molar-refractivity contribution in [3.63, 3.8) is 0 Å². The van der Waals surface area contributed by atoms with Gasteiger partial charge in [-0.05, 0) is 52.5 Å². The van der Waals surface area contributed by atoms with Crippen LogP contribution < -0.4 is 10.2 Å². The van der Waals surface area contributed by atoms with Gasteiger partial charge in [0.05, 0.1) is 11.4 Å². The van der Waals surface area contributed by atoms with Crippen molar-refractivity contribution in [2.24, 2.45) is 0 Å². The van der Waals surface area contributed by atoms with Gasteiger partial charge < -0.3 is 19.1 Å². The van der Waals surface area contributed by atoms with E-state index in [1.165, 1.54) is 6.42 Å². The van der Waals surface area contributed by atoms with E-state index in [0.717, 1.165) is 31.5 Å². The molecule has 7 heteroatoms. The second-order valence-electron chi connectivity index (χ2n) is 7.75. The van der Waals surface area contributed by atoms with E-state index in [9.17, 15) is 9.90 Å². The zero-order valence-electron chi connectivity index (χ0n) is 17.7. The third-order valence-electron chi connectivity index (χ3n) is 4.53. The minimum Gasteiger partial charge on any atom is -0.444 e. The number of aliphatic hydroxyl groups is 1. The van der Waals surface area contributed by atoms with Crippen LogP contribution in [0.5, 0.6) is 0 Å². The fourth-order valence-electron chi connectivity index (χ4n) is 3.47. The van der Waals surface area contributed by atoms with Crippen LogP contribution >= 0.6 is 0 Å². The standard InChI is InChI=1S/C19H28N4O3.C2H6/c1-19(2,3)26-18(25)21-16-12-15(13-22-10-8-20-17(16)22)23-9-5-4-6-14(23)7-11-24;1-2/h8,10,12-14,24H,4-7,9,11H2,1-3H3,(H,21,25);1-2H3. The molecule has 0 aliphatic carbocycles. The number of imidazole rings is 1. The lowest BCUT2D eigenvalue weighted by atomic mass is 9.99. The number of piperidine rings is 1. The highest BCUT2D eigenvalue weighted by Gasteiger charge is 2.24. The first-order chi connectivity index (χ1) is 13.4. The number of ether oxygens (including phenoxy) is 1. The fourth-order valence-corrected chi connectivity index (χ4v) is 3.47. The SMILES string of the molecule is CC.CC(C)(C)OC(=O)Nc1cc(N2CCCCC2CCO)cn2ccnc12. The highest BCUT2D eigenvalue weighted by Crippen LogP contribution is 2.30. The molecule has 0 spiro atoms. The molecule has 0 aromatic carbocycles. The number of amides is 1. The van der Waals surface area contributed by atoms with Gasteiger partial charge in [-0.25, -0.2) is 9.78 Å². The summed E-state index contributed by atoms with van der Waals surface area (Å²) in [6.07, 6.45) is 9.22. The van der Waals surface area contributed by atoms with E-state index in [0.29, 0.717) is 17.4 Å². The summed E-state index contributed by atoms with van der Waals surface area (Å²) in [5.74, 6) is 0. The largest absolute Gasteiger partial charge is 0.444 e. The molecular weight excluding hydrogens is 356 g/mol. The van der Waals surface area contributed by atoms with E-state index in [1.807, 2.05) is 57.5 Å². The maximum Gasteiger partial charge on any atom is 0.412 e. The number of hydrogen-bond acceptors (Lipinski definition) is 5. The number of fused-ring (bicyclic) bond motifs is 1. The molecule has 0 bridgehead atoms. The fraction of sp³-hybridized carbons (Fsp3) is 0.619. The number of nitrogens with one attached hydrogen (secondary N) is 1. The quantitative estimate of drug-likeness (QED) is 0.806. The van der Waals surface area contributed by atoms with Crippen molar-refractivity contribution >= 4 is 23.1 Å². The predicted molar refractivity (Wildman–Crippen MR) is 113 cm³/mol. The molecule has 2 aromatic rings. The first kappa shape index (κ1) is 22.0. The second-order valence-corrected chi connectivity index (χ2v) is 7.75. The number of hydrogen-bond donors (Lipinski definition) is 2. The molecule has 156 valence electrons. The van der Waals surface area contributed by atoms with Gasteiger partial charge in [0.1, 0.15) is 5.60 Å². The lowest BCUT2D eigenvalue weighted by molar-refractivity contribution is 0.0636. The van der Waals surface area contributed by atoms with Crippen molar-refractivity contribution in [2.75, 3.05) is 23.4 Å². The molecule has 2 N–H and O–H groups in total. The number of aromatic nitrogens is 2. The number of anilines is 2. The molecule has 1 aliphatic heterocycles. The third-order valence-corrected chi connectivity index (χ3v) is 4.53. The highest BCUT2D eigenvalue weighted by atomic mass is 16.6. The van der Waals surface area contributed by atoms with E-state index >= 15 is 0 Å². The molecule has 1 saturated heterocycles. The molecule has 3 rings (SSSR count). The summed E-state index contributed by atoms with van der Waals surface area (Å²) in [5.41, 5.74) is 1.75. The Morgan fingerprint density at radius 2 is 2.11 bits per heavy atom. The van der Waals surface area contributed by atoms with Crippen LogP contribution in [-0.2, 0) is 4.74 Å². The first-order valence-electron chi connectivity index (χ1n) is 10.2. The summed E-state index contributed by atoms with van der Waals surface area (Å²) >= 11 is 0. The van der Waals surface area contributed by atoms with Gasteiger partial charge in [-0.1, -0.05) is 13.8 Å². The molecule has 28 heavy (non-hydrogen) atoms. The van der Waals surface area contributed by atoms with Crippen LogP contribution in [0.3, 0.4) is 0 Å². The average molecular weight is 391 g/mol. The average Bonchev–Trinajstić information content (AvgIpc) is 3.11. The number of nitrogens with zero attached hydrogens (tertiary/aromatic N) is 3. The van der Waals surface area contributed by atoms with E-state index in [4.69, 9.17) is 4.74 Å². The third kappa shape index (κ3) is 5.61. The second kappa shape index (κ2) is 9.78. The number of carbonyl (C=O) groups excluding carboxylic acids is 1. The molecule has 0 radical (unpaired) electrons. The topological polar surface area (TPSA) is 79.1 Å². The monoisotopic (exact) mass is 390 g/mol. The minimum atomic E-state index is -0.563. The van der Waals surface area contributed by atoms with Crippen LogP contribution in [0.2, 0.25) is 0 Å². The van der Waals surface area contributed by atoms with Crippen molar-refractivity contribution < 1.29 is 14.6 Å². The van der Waals surface area contributed by atoms with E-state index < -0.39 is 11.7 Å². The highest BCUT2D eigenvalue weighted by molar-refractivity contribution is 5.91. The number of aliphatic hydroxyl groups excluding tert-OH is 1. The Hall–Kier alpha value is -2.28. The minimum absolute atomic E-state index is 0.178. The van der Waals surface area contributed by atoms with Gasteiger partial charge in [-0.3, -0.25) is 5.32 Å². The van der Waals surface area contributed by atoms with E-state index in [1.54, 1.807) is 6.20 Å². The van der Waals surface area contributed by atoms with Crippen LogP contribution in [0, 0.1) is 0 Å². The summed E-state index contributed by atoms with van der Waals surface area (Å²) in [5, 5.41) is 12.2. The zero-order chi connectivity index (χ0) is 20.7. The lowest BCUT2D eigenvalue weighted by Gasteiger charge is -2.37. The van der Waals surface area contributed by atoms with Crippen LogP contribution in [0.25, 0.3) is 5.65 Å². The van der Waals surface area contributed by atoms with Crippen molar-refractivity contribution in [1.82, 2.24) is 9.38 Å². The molecular formula is C21H34N4O3. The maximum absolute atomic E-state index is 12.2. The van der Waals surface area contributed by atoms with E-state index in [2.05, 4.69) is 15.2 Å². The summed E-state index contributed by atoms with van der Waals surface area (Å²) in [6, 6.07) is 2.26. The van der Waals surface area contributed by atoms with Crippen LogP contribution in [0.1, 0.15) is 60.3 Å². The van der Waals surface area contributed by atoms with Gasteiger partial charge >= 0.3 is 6.09 Å². The van der Waals surface area contributed by atoms with Gasteiger partial charge in [-0.15, -0.1) is 0 Å². The summed E-state index contributed by atoms with van der Waals surface area (Å²) in [7, 11) is 0. The van der Waals surface area contributed by atoms with Crippen molar-refractivity contribution in [1.29, 1.82) is 0 Å². The summed E-state index contributed by atoms with van der Waals surface area (Å²) < 4.78 is 7.29. The Labute approximate surface area is 167 Å². The molecule has 1 fully saturated rings. The van der Waals surface area contributed by atoms with E-state index in [-0.39, 0.29) is 6.61 Å². The van der Waals surface area contributed by atoms with Crippen LogP contribution in [-0.4, -0.2) is 45.4 Å². The molecule has 1 aliphatic rings. The Balaban J connectivity index is 0.00000136. The van der Waals surface area contributed by atoms with Crippen LogP contribution in [0.15, 0.2) is 24.7 Å². The smallest absolute Gasteiger partial charge is 0.412 e. The zero-order valence-corrected chi connectivity index (χ0v) is 17.7. The van der Waals surface area contributed by atoms with Gasteiger partial charge in [-0.2, -0.15) is 0 Å². The number of carbonyl (C=O) groups is 1. The predicted octanol–water partition coefficient (Wildman–Crippen LogP) is 4.45. The molecule has 7 nitrogen and oxygen atoms in total. The van der Waals surface area contributed by atoms with Gasteiger partial charge in [0, 0.05) is 37.8 Å². The van der Waals surface area contributed by atoms with Gasteiger partial charge in [0.15, 0.2) is 5.65 Å². The summed E-state index contributed by atoms with van der Waals surface area (Å²) in [6.45, 7) is 10.6. The van der Waals surface area contributed by atoms with Gasteiger partial charge in [0.2, 0.25) is 0 Å². The maximum atomic E-state index is 12.2. The Kier molecular flexibility index (Phi) is 7.69.